The van der Waals surface area contributed by atoms with Crippen LogP contribution in [0.5, 0.6) is 0 Å². The topological polar surface area (TPSA) is 66.8 Å². The van der Waals surface area contributed by atoms with E-state index in [4.69, 9.17) is 0 Å². The number of halogens is 1. The van der Waals surface area contributed by atoms with E-state index in [1.54, 1.807) is 24.5 Å². The second-order valence-corrected chi connectivity index (χ2v) is 7.72. The molecule has 8 heteroatoms. The molecule has 4 rings (SSSR count). The minimum Gasteiger partial charge on any atom is -0.360 e. The van der Waals surface area contributed by atoms with Crippen LogP contribution in [0.25, 0.3) is 0 Å². The number of piperidine rings is 1. The first kappa shape index (κ1) is 17.8. The summed E-state index contributed by atoms with van der Waals surface area (Å²) in [6, 6.07) is 8.62. The summed E-state index contributed by atoms with van der Waals surface area (Å²) >= 11 is 1.48. The van der Waals surface area contributed by atoms with Crippen LogP contribution in [0.2, 0.25) is 0 Å². The molecule has 1 saturated heterocycles. The molecule has 0 spiro atoms. The fraction of sp³-hybridized carbons (Fsp3) is 0.368. The molecule has 1 unspecified atom stereocenters. The number of hydrogen-bond acceptors (Lipinski definition) is 7. The van der Waals surface area contributed by atoms with Crippen molar-refractivity contribution in [3.63, 3.8) is 0 Å². The standard InChI is InChI=1S/C19H21FN6S/c20-16-7-2-1-6-15(16)11-17-24-25-19(27-17)23-12-14-5-3-10-26(13-14)18-21-8-4-9-22-18/h1-2,4,6-9,14H,3,5,10-13H2,(H,23,25). The van der Waals surface area contributed by atoms with Crippen LogP contribution in [0, 0.1) is 11.7 Å². The third-order valence-corrected chi connectivity index (χ3v) is 5.54. The average Bonchev–Trinajstić information content (AvgIpc) is 3.17. The largest absolute Gasteiger partial charge is 0.360 e. The second-order valence-electron chi connectivity index (χ2n) is 6.65. The summed E-state index contributed by atoms with van der Waals surface area (Å²) in [6.45, 7) is 2.75. The number of rotatable bonds is 6. The Morgan fingerprint density at radius 3 is 2.85 bits per heavy atom. The van der Waals surface area contributed by atoms with Crippen molar-refractivity contribution in [3.05, 3.63) is 59.1 Å². The minimum absolute atomic E-state index is 0.201. The Morgan fingerprint density at radius 2 is 2.00 bits per heavy atom. The minimum atomic E-state index is -0.201. The van der Waals surface area contributed by atoms with E-state index in [1.165, 1.54) is 17.4 Å². The lowest BCUT2D eigenvalue weighted by atomic mass is 9.98. The first-order valence-corrected chi connectivity index (χ1v) is 9.91. The van der Waals surface area contributed by atoms with Crippen LogP contribution >= 0.6 is 11.3 Å². The molecule has 0 amide bonds. The van der Waals surface area contributed by atoms with Crippen LogP contribution in [-0.2, 0) is 6.42 Å². The molecule has 2 aromatic heterocycles. The van der Waals surface area contributed by atoms with Gasteiger partial charge in [0.15, 0.2) is 0 Å². The second kappa shape index (κ2) is 8.39. The van der Waals surface area contributed by atoms with Gasteiger partial charge in [-0.25, -0.2) is 14.4 Å². The number of anilines is 2. The highest BCUT2D eigenvalue weighted by molar-refractivity contribution is 7.15. The normalized spacial score (nSPS) is 17.1. The van der Waals surface area contributed by atoms with Crippen molar-refractivity contribution < 1.29 is 4.39 Å². The van der Waals surface area contributed by atoms with Crippen LogP contribution in [-0.4, -0.2) is 39.8 Å². The highest BCUT2D eigenvalue weighted by Gasteiger charge is 2.21. The van der Waals surface area contributed by atoms with Gasteiger partial charge in [-0.1, -0.05) is 29.5 Å². The predicted octanol–water partition coefficient (Wildman–Crippen LogP) is 3.39. The Balaban J connectivity index is 1.31. The van der Waals surface area contributed by atoms with Crippen molar-refractivity contribution in [2.24, 2.45) is 5.92 Å². The third-order valence-electron chi connectivity index (χ3n) is 4.66. The zero-order valence-electron chi connectivity index (χ0n) is 14.9. The summed E-state index contributed by atoms with van der Waals surface area (Å²) in [6.07, 6.45) is 6.32. The van der Waals surface area contributed by atoms with Gasteiger partial charge in [-0.2, -0.15) is 0 Å². The Bertz CT molecular complexity index is 871. The van der Waals surface area contributed by atoms with E-state index in [0.29, 0.717) is 17.9 Å². The lowest BCUT2D eigenvalue weighted by Crippen LogP contribution is -2.39. The first-order chi connectivity index (χ1) is 13.3. The Hall–Kier alpha value is -2.61. The van der Waals surface area contributed by atoms with Gasteiger partial charge in [0, 0.05) is 38.4 Å². The van der Waals surface area contributed by atoms with Crippen LogP contribution in [0.3, 0.4) is 0 Å². The number of nitrogens with zero attached hydrogens (tertiary/aromatic N) is 5. The maximum Gasteiger partial charge on any atom is 0.225 e. The van der Waals surface area contributed by atoms with Gasteiger partial charge in [-0.05, 0) is 36.5 Å². The van der Waals surface area contributed by atoms with E-state index < -0.39 is 0 Å². The van der Waals surface area contributed by atoms with Gasteiger partial charge in [0.05, 0.1) is 0 Å². The highest BCUT2D eigenvalue weighted by atomic mass is 32.1. The molecule has 6 nitrogen and oxygen atoms in total. The van der Waals surface area contributed by atoms with Crippen LogP contribution in [0.1, 0.15) is 23.4 Å². The van der Waals surface area contributed by atoms with Crippen molar-refractivity contribution in [3.8, 4) is 0 Å². The fourth-order valence-corrected chi connectivity index (χ4v) is 4.07. The lowest BCUT2D eigenvalue weighted by Gasteiger charge is -2.32. The lowest BCUT2D eigenvalue weighted by molar-refractivity contribution is 0.428. The van der Waals surface area contributed by atoms with Crippen molar-refractivity contribution in [2.45, 2.75) is 19.3 Å². The summed E-state index contributed by atoms with van der Waals surface area (Å²) in [4.78, 5) is 10.9. The van der Waals surface area contributed by atoms with Crippen molar-refractivity contribution in [1.82, 2.24) is 20.2 Å². The van der Waals surface area contributed by atoms with E-state index in [0.717, 1.165) is 48.6 Å². The summed E-state index contributed by atoms with van der Waals surface area (Å²) in [5.74, 6) is 1.10. The van der Waals surface area contributed by atoms with E-state index in [1.807, 2.05) is 12.1 Å². The van der Waals surface area contributed by atoms with Gasteiger partial charge in [0.1, 0.15) is 10.8 Å². The Labute approximate surface area is 161 Å². The van der Waals surface area contributed by atoms with Gasteiger partial charge < -0.3 is 10.2 Å². The molecule has 1 fully saturated rings. The number of nitrogens with one attached hydrogen (secondary N) is 1. The zero-order valence-corrected chi connectivity index (χ0v) is 15.7. The maximum absolute atomic E-state index is 13.8. The van der Waals surface area contributed by atoms with Crippen LogP contribution in [0.15, 0.2) is 42.7 Å². The molecule has 3 heterocycles. The molecule has 0 saturated carbocycles. The highest BCUT2D eigenvalue weighted by Crippen LogP contribution is 2.23. The molecular formula is C19H21FN6S. The molecule has 1 aromatic carbocycles. The van der Waals surface area contributed by atoms with Crippen molar-refractivity contribution in [1.29, 1.82) is 0 Å². The SMILES string of the molecule is Fc1ccccc1Cc1nnc(NCC2CCCN(c3ncccn3)C2)s1. The summed E-state index contributed by atoms with van der Waals surface area (Å²) in [5, 5.41) is 13.4. The zero-order chi connectivity index (χ0) is 18.5. The molecule has 27 heavy (non-hydrogen) atoms. The van der Waals surface area contributed by atoms with E-state index >= 15 is 0 Å². The van der Waals surface area contributed by atoms with E-state index in [-0.39, 0.29) is 5.82 Å². The number of hydrogen-bond donors (Lipinski definition) is 1. The molecule has 140 valence electrons. The summed E-state index contributed by atoms with van der Waals surface area (Å²) < 4.78 is 13.8. The average molecular weight is 384 g/mol. The summed E-state index contributed by atoms with van der Waals surface area (Å²) in [7, 11) is 0. The fourth-order valence-electron chi connectivity index (χ4n) is 3.30. The molecule has 1 aliphatic rings. The molecule has 1 aliphatic heterocycles. The van der Waals surface area contributed by atoms with Gasteiger partial charge in [-0.15, -0.1) is 10.2 Å². The predicted molar refractivity (Wildman–Crippen MR) is 105 cm³/mol. The van der Waals surface area contributed by atoms with Crippen molar-refractivity contribution >= 4 is 22.4 Å². The molecule has 0 bridgehead atoms. The van der Waals surface area contributed by atoms with Crippen LogP contribution in [0.4, 0.5) is 15.5 Å². The molecule has 1 atom stereocenters. The molecule has 0 aliphatic carbocycles. The van der Waals surface area contributed by atoms with Gasteiger partial charge in [0.25, 0.3) is 0 Å². The van der Waals surface area contributed by atoms with Crippen molar-refractivity contribution in [2.75, 3.05) is 29.9 Å². The molecule has 0 radical (unpaired) electrons. The third kappa shape index (κ3) is 4.57. The van der Waals surface area contributed by atoms with Crippen LogP contribution < -0.4 is 10.2 Å². The summed E-state index contributed by atoms with van der Waals surface area (Å²) in [5.41, 5.74) is 0.644. The Kier molecular flexibility index (Phi) is 5.53. The quantitative estimate of drug-likeness (QED) is 0.703. The molecule has 1 N–H and O–H groups in total. The Morgan fingerprint density at radius 1 is 1.15 bits per heavy atom. The van der Waals surface area contributed by atoms with E-state index in [9.17, 15) is 4.39 Å². The number of benzene rings is 1. The first-order valence-electron chi connectivity index (χ1n) is 9.09. The smallest absolute Gasteiger partial charge is 0.225 e. The maximum atomic E-state index is 13.8. The molecule has 3 aromatic rings. The number of aromatic nitrogens is 4. The van der Waals surface area contributed by atoms with Gasteiger partial charge in [-0.3, -0.25) is 0 Å². The monoisotopic (exact) mass is 384 g/mol. The van der Waals surface area contributed by atoms with Gasteiger partial charge in [0.2, 0.25) is 11.1 Å². The van der Waals surface area contributed by atoms with Gasteiger partial charge >= 0.3 is 0 Å². The van der Waals surface area contributed by atoms with E-state index in [2.05, 4.69) is 30.4 Å². The molecular weight excluding hydrogens is 363 g/mol.